The fourth-order valence-electron chi connectivity index (χ4n) is 4.07. The zero-order valence-corrected chi connectivity index (χ0v) is 20.0. The van der Waals surface area contributed by atoms with E-state index < -0.39 is 0 Å². The molecule has 182 valence electrons. The molecular formula is C25H28N6O4. The van der Waals surface area contributed by atoms with Crippen LogP contribution in [0.4, 0.5) is 11.4 Å². The zero-order chi connectivity index (χ0) is 24.4. The number of pyridine rings is 1. The Labute approximate surface area is 202 Å². The number of aromatic nitrogens is 4. The molecule has 0 spiro atoms. The summed E-state index contributed by atoms with van der Waals surface area (Å²) in [5.74, 6) is 1.37. The summed E-state index contributed by atoms with van der Waals surface area (Å²) in [4.78, 5) is 20.0. The lowest BCUT2D eigenvalue weighted by molar-refractivity contribution is -0.00443. The first-order valence-electron chi connectivity index (χ1n) is 11.4. The maximum Gasteiger partial charge on any atom is 0.265 e. The van der Waals surface area contributed by atoms with Crippen LogP contribution < -0.4 is 25.2 Å². The first kappa shape index (κ1) is 22.9. The number of nitrogens with zero attached hydrogens (tertiary/aromatic N) is 5. The number of hydrogen-bond donors (Lipinski definition) is 1. The van der Waals surface area contributed by atoms with Gasteiger partial charge in [0.05, 0.1) is 50.9 Å². The number of aryl methyl sites for hydroxylation is 1. The van der Waals surface area contributed by atoms with E-state index in [0.29, 0.717) is 35.3 Å². The second-order valence-electron chi connectivity index (χ2n) is 8.41. The van der Waals surface area contributed by atoms with Crippen LogP contribution in [0.1, 0.15) is 0 Å². The molecule has 1 saturated heterocycles. The summed E-state index contributed by atoms with van der Waals surface area (Å²) in [5.41, 5.74) is 3.36. The van der Waals surface area contributed by atoms with E-state index in [2.05, 4.69) is 20.3 Å². The molecule has 10 heteroatoms. The third kappa shape index (κ3) is 4.71. The highest BCUT2D eigenvalue weighted by Gasteiger charge is 2.19. The first-order valence-corrected chi connectivity index (χ1v) is 11.4. The van der Waals surface area contributed by atoms with E-state index in [9.17, 15) is 4.79 Å². The Hall–Kier alpha value is -3.89. The standard InChI is InChI=1S/C25H28N6O4/c1-29-13-17(11-28-29)23-12-27-24-5-4-19(14-31(24)25(23)32)30(7-6-26-18-15-35-16-18)20-8-21(33-2)10-22(9-20)34-3/h4-5,8-14,18,26H,6-7,15-16H2,1-3H3. The quantitative estimate of drug-likeness (QED) is 0.393. The summed E-state index contributed by atoms with van der Waals surface area (Å²) in [7, 11) is 5.07. The minimum Gasteiger partial charge on any atom is -0.497 e. The van der Waals surface area contributed by atoms with Gasteiger partial charge in [-0.25, -0.2) is 4.98 Å². The summed E-state index contributed by atoms with van der Waals surface area (Å²) < 4.78 is 19.5. The molecule has 5 rings (SSSR count). The van der Waals surface area contributed by atoms with Crippen molar-refractivity contribution in [3.63, 3.8) is 0 Å². The molecule has 1 N–H and O–H groups in total. The smallest absolute Gasteiger partial charge is 0.265 e. The molecule has 0 atom stereocenters. The van der Waals surface area contributed by atoms with Crippen LogP contribution in [0.25, 0.3) is 16.8 Å². The number of ether oxygens (including phenoxy) is 3. The van der Waals surface area contributed by atoms with Crippen molar-refractivity contribution in [2.75, 3.05) is 45.4 Å². The van der Waals surface area contributed by atoms with Crippen molar-refractivity contribution in [1.29, 1.82) is 0 Å². The lowest BCUT2D eigenvalue weighted by atomic mass is 10.2. The van der Waals surface area contributed by atoms with Crippen molar-refractivity contribution in [2.24, 2.45) is 7.05 Å². The number of hydrogen-bond acceptors (Lipinski definition) is 8. The van der Waals surface area contributed by atoms with Crippen LogP contribution in [0.15, 0.2) is 59.9 Å². The molecule has 0 radical (unpaired) electrons. The zero-order valence-electron chi connectivity index (χ0n) is 20.0. The number of rotatable bonds is 9. The Morgan fingerprint density at radius 3 is 2.49 bits per heavy atom. The van der Waals surface area contributed by atoms with E-state index in [0.717, 1.165) is 36.7 Å². The highest BCUT2D eigenvalue weighted by Crippen LogP contribution is 2.32. The van der Waals surface area contributed by atoms with Crippen molar-refractivity contribution < 1.29 is 14.2 Å². The van der Waals surface area contributed by atoms with E-state index in [1.54, 1.807) is 41.9 Å². The number of nitrogens with one attached hydrogen (secondary N) is 1. The molecule has 0 saturated carbocycles. The molecule has 0 amide bonds. The number of anilines is 2. The lowest BCUT2D eigenvalue weighted by Crippen LogP contribution is -2.48. The van der Waals surface area contributed by atoms with Crippen molar-refractivity contribution >= 4 is 17.0 Å². The third-order valence-corrected chi connectivity index (χ3v) is 6.07. The Balaban J connectivity index is 1.56. The summed E-state index contributed by atoms with van der Waals surface area (Å²) in [5, 5.41) is 7.69. The van der Waals surface area contributed by atoms with Crippen LogP contribution in [0.2, 0.25) is 0 Å². The molecule has 0 bridgehead atoms. The molecule has 35 heavy (non-hydrogen) atoms. The van der Waals surface area contributed by atoms with Crippen LogP contribution in [0, 0.1) is 0 Å². The summed E-state index contributed by atoms with van der Waals surface area (Å²) in [6.07, 6.45) is 6.89. The van der Waals surface area contributed by atoms with Crippen LogP contribution in [-0.2, 0) is 11.8 Å². The molecule has 1 aliphatic heterocycles. The van der Waals surface area contributed by atoms with Gasteiger partial charge in [0.2, 0.25) is 0 Å². The van der Waals surface area contributed by atoms with Gasteiger partial charge in [0.15, 0.2) is 0 Å². The van der Waals surface area contributed by atoms with Gasteiger partial charge in [0.1, 0.15) is 17.1 Å². The molecule has 3 aromatic heterocycles. The maximum atomic E-state index is 13.4. The van der Waals surface area contributed by atoms with Crippen molar-refractivity contribution in [3.8, 4) is 22.6 Å². The van der Waals surface area contributed by atoms with Gasteiger partial charge in [-0.2, -0.15) is 5.10 Å². The predicted molar refractivity (Wildman–Crippen MR) is 133 cm³/mol. The minimum atomic E-state index is -0.155. The SMILES string of the molecule is COc1cc(OC)cc(N(CCNC2COC2)c2ccc3ncc(-c4cnn(C)c4)c(=O)n3c2)c1. The monoisotopic (exact) mass is 476 g/mol. The molecule has 4 aromatic rings. The van der Waals surface area contributed by atoms with Crippen LogP contribution >= 0.6 is 0 Å². The molecule has 0 unspecified atom stereocenters. The van der Waals surface area contributed by atoms with Gasteiger partial charge in [-0.05, 0) is 12.1 Å². The summed E-state index contributed by atoms with van der Waals surface area (Å²) >= 11 is 0. The molecular weight excluding hydrogens is 448 g/mol. The number of benzene rings is 1. The molecule has 1 aromatic carbocycles. The third-order valence-electron chi connectivity index (χ3n) is 6.07. The van der Waals surface area contributed by atoms with Crippen LogP contribution in [-0.4, -0.2) is 65.7 Å². The lowest BCUT2D eigenvalue weighted by Gasteiger charge is -2.30. The summed E-state index contributed by atoms with van der Waals surface area (Å²) in [6.45, 7) is 2.83. The Morgan fingerprint density at radius 2 is 1.86 bits per heavy atom. The molecule has 4 heterocycles. The van der Waals surface area contributed by atoms with E-state index in [1.165, 1.54) is 0 Å². The van der Waals surface area contributed by atoms with E-state index in [1.807, 2.05) is 43.6 Å². The fraction of sp³-hybridized carbons (Fsp3) is 0.320. The largest absolute Gasteiger partial charge is 0.497 e. The average molecular weight is 477 g/mol. The fourth-order valence-corrected chi connectivity index (χ4v) is 4.07. The Kier molecular flexibility index (Phi) is 6.39. The molecule has 1 fully saturated rings. The van der Waals surface area contributed by atoms with Crippen LogP contribution in [0.5, 0.6) is 11.5 Å². The molecule has 10 nitrogen and oxygen atoms in total. The highest BCUT2D eigenvalue weighted by atomic mass is 16.5. The van der Waals surface area contributed by atoms with Gasteiger partial charge in [-0.1, -0.05) is 0 Å². The Morgan fingerprint density at radius 1 is 1.09 bits per heavy atom. The van der Waals surface area contributed by atoms with Gasteiger partial charge in [0.25, 0.3) is 5.56 Å². The average Bonchev–Trinajstić information content (AvgIpc) is 3.28. The molecule has 1 aliphatic rings. The molecule has 0 aliphatic carbocycles. The highest BCUT2D eigenvalue weighted by molar-refractivity contribution is 5.68. The summed E-state index contributed by atoms with van der Waals surface area (Å²) in [6, 6.07) is 9.91. The van der Waals surface area contributed by atoms with Crippen molar-refractivity contribution in [1.82, 2.24) is 24.5 Å². The van der Waals surface area contributed by atoms with E-state index in [-0.39, 0.29) is 5.56 Å². The second kappa shape index (κ2) is 9.77. The van der Waals surface area contributed by atoms with Gasteiger partial charge < -0.3 is 24.4 Å². The van der Waals surface area contributed by atoms with Crippen molar-refractivity contribution in [3.05, 3.63) is 65.5 Å². The van der Waals surface area contributed by atoms with Gasteiger partial charge >= 0.3 is 0 Å². The van der Waals surface area contributed by atoms with Crippen molar-refractivity contribution in [2.45, 2.75) is 6.04 Å². The maximum absolute atomic E-state index is 13.4. The van der Waals surface area contributed by atoms with Gasteiger partial charge in [-0.3, -0.25) is 13.9 Å². The topological polar surface area (TPSA) is 95.2 Å². The van der Waals surface area contributed by atoms with Crippen LogP contribution in [0.3, 0.4) is 0 Å². The first-order chi connectivity index (χ1) is 17.1. The van der Waals surface area contributed by atoms with E-state index >= 15 is 0 Å². The number of fused-ring (bicyclic) bond motifs is 1. The second-order valence-corrected chi connectivity index (χ2v) is 8.41. The minimum absolute atomic E-state index is 0.155. The normalized spacial score (nSPS) is 13.6. The Bertz CT molecular complexity index is 1370. The van der Waals surface area contributed by atoms with E-state index in [4.69, 9.17) is 14.2 Å². The predicted octanol–water partition coefficient (Wildman–Crippen LogP) is 2.24. The van der Waals surface area contributed by atoms with Gasteiger partial charge in [0, 0.05) is 68.2 Å². The van der Waals surface area contributed by atoms with Gasteiger partial charge in [-0.15, -0.1) is 0 Å². The number of methoxy groups -OCH3 is 2.